The van der Waals surface area contributed by atoms with Crippen LogP contribution in [-0.2, 0) is 0 Å². The number of rotatable bonds is 1. The number of benzene rings is 1. The fourth-order valence-electron chi connectivity index (χ4n) is 4.38. The average Bonchev–Trinajstić information content (AvgIpc) is 3.13. The molecule has 2 bridgehead atoms. The lowest BCUT2D eigenvalue weighted by Crippen LogP contribution is -2.56. The molecule has 1 aromatic heterocycles. The van der Waals surface area contributed by atoms with Crippen LogP contribution in [0.25, 0.3) is 11.0 Å². The summed E-state index contributed by atoms with van der Waals surface area (Å²) in [5, 5.41) is 1.13. The van der Waals surface area contributed by atoms with Gasteiger partial charge in [-0.05, 0) is 56.1 Å². The Balaban J connectivity index is 1.54. The third-order valence-corrected chi connectivity index (χ3v) is 5.49. The van der Waals surface area contributed by atoms with Crippen molar-refractivity contribution in [3.8, 4) is 0 Å². The minimum absolute atomic E-state index is 0.0878. The number of hydrogen-bond acceptors (Lipinski definition) is 4. The number of aliphatic imine (C=N–C) groups is 1. The maximum Gasteiger partial charge on any atom is 0.181 e. The molecule has 108 valence electrons. The minimum atomic E-state index is -0.0878. The van der Waals surface area contributed by atoms with Crippen LogP contribution < -0.4 is 10.9 Å². The molecule has 0 radical (unpaired) electrons. The number of nitrogens with zero attached hydrogens (tertiary/aromatic N) is 1. The quantitative estimate of drug-likeness (QED) is 0.844. The van der Waals surface area contributed by atoms with Crippen molar-refractivity contribution in [2.75, 3.05) is 0 Å². The summed E-state index contributed by atoms with van der Waals surface area (Å²) in [6, 6.07) is 10.2. The third-order valence-electron chi connectivity index (χ3n) is 5.49. The summed E-state index contributed by atoms with van der Waals surface area (Å²) in [5.41, 5.74) is 7.60. The normalized spacial score (nSPS) is 34.4. The van der Waals surface area contributed by atoms with E-state index in [1.54, 1.807) is 0 Å². The van der Waals surface area contributed by atoms with Crippen molar-refractivity contribution in [2.24, 2.45) is 16.8 Å². The Hall–Kier alpha value is -1.81. The molecule has 0 amide bonds. The van der Waals surface area contributed by atoms with Crippen LogP contribution in [-0.4, -0.2) is 11.5 Å². The molecule has 1 atom stereocenters. The van der Waals surface area contributed by atoms with E-state index in [0.717, 1.165) is 34.9 Å². The van der Waals surface area contributed by atoms with E-state index in [0.29, 0.717) is 5.92 Å². The van der Waals surface area contributed by atoms with Gasteiger partial charge in [-0.25, -0.2) is 10.4 Å². The Bertz CT molecular complexity index is 693. The summed E-state index contributed by atoms with van der Waals surface area (Å²) in [7, 11) is 0. The number of furan rings is 1. The van der Waals surface area contributed by atoms with Crippen molar-refractivity contribution in [3.05, 3.63) is 36.1 Å². The summed E-state index contributed by atoms with van der Waals surface area (Å²) in [5.74, 6) is 3.20. The zero-order valence-electron chi connectivity index (χ0n) is 11.9. The van der Waals surface area contributed by atoms with Crippen LogP contribution in [0.4, 0.5) is 0 Å². The van der Waals surface area contributed by atoms with E-state index in [1.165, 1.54) is 25.7 Å². The Morgan fingerprint density at radius 2 is 2.00 bits per heavy atom. The van der Waals surface area contributed by atoms with Crippen LogP contribution in [0.1, 0.15) is 37.9 Å². The largest absolute Gasteiger partial charge is 0.453 e. The molecule has 0 saturated heterocycles. The standard InChI is InChI=1S/C17H19N3O/c1-2-4-14-12(3-1)9-15(21-14)16-18-17(20-19-16)10-11-5-7-13(17)8-6-11/h1-4,9,11,13,20H,5-8,10H2,(H,18,19)/t11?,13?,17-/m1/s1. The van der Waals surface area contributed by atoms with Crippen LogP contribution in [0, 0.1) is 11.8 Å². The van der Waals surface area contributed by atoms with Crippen LogP contribution in [0.15, 0.2) is 39.7 Å². The first-order valence-electron chi connectivity index (χ1n) is 7.94. The van der Waals surface area contributed by atoms with E-state index in [-0.39, 0.29) is 5.66 Å². The van der Waals surface area contributed by atoms with E-state index < -0.39 is 0 Å². The van der Waals surface area contributed by atoms with Gasteiger partial charge in [-0.1, -0.05) is 18.2 Å². The predicted molar refractivity (Wildman–Crippen MR) is 81.8 cm³/mol. The Morgan fingerprint density at radius 1 is 1.14 bits per heavy atom. The van der Waals surface area contributed by atoms with Gasteiger partial charge < -0.3 is 9.84 Å². The van der Waals surface area contributed by atoms with Gasteiger partial charge in [-0.3, -0.25) is 0 Å². The highest BCUT2D eigenvalue weighted by Gasteiger charge is 2.50. The monoisotopic (exact) mass is 281 g/mol. The van der Waals surface area contributed by atoms with Gasteiger partial charge >= 0.3 is 0 Å². The Kier molecular flexibility index (Phi) is 2.31. The Labute approximate surface area is 123 Å². The van der Waals surface area contributed by atoms with Crippen molar-refractivity contribution < 1.29 is 4.42 Å². The van der Waals surface area contributed by atoms with Crippen molar-refractivity contribution in [1.82, 2.24) is 10.9 Å². The fourth-order valence-corrected chi connectivity index (χ4v) is 4.38. The molecule has 4 heteroatoms. The number of para-hydroxylation sites is 1. The average molecular weight is 281 g/mol. The lowest BCUT2D eigenvalue weighted by molar-refractivity contribution is 0.0506. The summed E-state index contributed by atoms with van der Waals surface area (Å²) < 4.78 is 5.93. The van der Waals surface area contributed by atoms with E-state index in [9.17, 15) is 0 Å². The molecule has 1 spiro atoms. The summed E-state index contributed by atoms with van der Waals surface area (Å²) in [6.07, 6.45) is 6.52. The van der Waals surface area contributed by atoms with E-state index in [4.69, 9.17) is 9.41 Å². The van der Waals surface area contributed by atoms with Gasteiger partial charge in [0.2, 0.25) is 0 Å². The molecule has 4 nitrogen and oxygen atoms in total. The van der Waals surface area contributed by atoms with E-state index in [2.05, 4.69) is 23.0 Å². The zero-order chi connectivity index (χ0) is 13.9. The number of amidine groups is 1. The van der Waals surface area contributed by atoms with Crippen LogP contribution in [0.3, 0.4) is 0 Å². The molecule has 2 aromatic rings. The second kappa shape index (κ2) is 4.10. The SMILES string of the molecule is c1ccc2oc(C3=N[C@]4(CC5CCC4CC5)NN3)cc2c1. The molecule has 4 aliphatic rings. The lowest BCUT2D eigenvalue weighted by atomic mass is 9.65. The van der Waals surface area contributed by atoms with Gasteiger partial charge in [-0.2, -0.15) is 0 Å². The summed E-state index contributed by atoms with van der Waals surface area (Å²) >= 11 is 0. The molecule has 2 heterocycles. The first kappa shape index (κ1) is 11.8. The number of hydrazine groups is 1. The summed E-state index contributed by atoms with van der Waals surface area (Å²) in [4.78, 5) is 5.03. The highest BCUT2D eigenvalue weighted by atomic mass is 16.3. The molecule has 3 saturated carbocycles. The van der Waals surface area contributed by atoms with Crippen molar-refractivity contribution in [1.29, 1.82) is 0 Å². The van der Waals surface area contributed by atoms with Gasteiger partial charge in [-0.15, -0.1) is 0 Å². The Morgan fingerprint density at radius 3 is 2.76 bits per heavy atom. The highest BCUT2D eigenvalue weighted by Crippen LogP contribution is 2.48. The topological polar surface area (TPSA) is 49.6 Å². The second-order valence-corrected chi connectivity index (χ2v) is 6.70. The molecular weight excluding hydrogens is 262 g/mol. The molecule has 3 fully saturated rings. The molecule has 3 aliphatic carbocycles. The zero-order valence-corrected chi connectivity index (χ0v) is 11.9. The predicted octanol–water partition coefficient (Wildman–Crippen LogP) is 3.19. The molecule has 6 rings (SSSR count). The van der Waals surface area contributed by atoms with Crippen molar-refractivity contribution in [2.45, 2.75) is 37.8 Å². The number of nitrogens with one attached hydrogen (secondary N) is 2. The molecule has 0 unspecified atom stereocenters. The van der Waals surface area contributed by atoms with Crippen LogP contribution in [0.5, 0.6) is 0 Å². The maximum absolute atomic E-state index is 5.93. The van der Waals surface area contributed by atoms with Crippen LogP contribution in [0.2, 0.25) is 0 Å². The molecule has 1 aromatic carbocycles. The molecule has 2 N–H and O–H groups in total. The van der Waals surface area contributed by atoms with E-state index >= 15 is 0 Å². The number of hydrogen-bond donors (Lipinski definition) is 2. The smallest absolute Gasteiger partial charge is 0.181 e. The molecule has 21 heavy (non-hydrogen) atoms. The second-order valence-electron chi connectivity index (χ2n) is 6.70. The fraction of sp³-hybridized carbons (Fsp3) is 0.471. The number of fused-ring (bicyclic) bond motifs is 3. The van der Waals surface area contributed by atoms with Gasteiger partial charge in [0.15, 0.2) is 11.6 Å². The van der Waals surface area contributed by atoms with Gasteiger partial charge in [0, 0.05) is 5.39 Å². The van der Waals surface area contributed by atoms with Gasteiger partial charge in [0.25, 0.3) is 0 Å². The maximum atomic E-state index is 5.93. The first-order valence-corrected chi connectivity index (χ1v) is 7.94. The van der Waals surface area contributed by atoms with Crippen LogP contribution >= 0.6 is 0 Å². The van der Waals surface area contributed by atoms with Crippen molar-refractivity contribution >= 4 is 16.8 Å². The lowest BCUT2D eigenvalue weighted by Gasteiger charge is -2.47. The van der Waals surface area contributed by atoms with E-state index in [1.807, 2.05) is 18.2 Å². The van der Waals surface area contributed by atoms with Crippen molar-refractivity contribution in [3.63, 3.8) is 0 Å². The molecular formula is C17H19N3O. The third kappa shape index (κ3) is 1.69. The highest BCUT2D eigenvalue weighted by molar-refractivity contribution is 6.00. The van der Waals surface area contributed by atoms with Gasteiger partial charge in [0.05, 0.1) is 0 Å². The molecule has 1 aliphatic heterocycles. The first-order chi connectivity index (χ1) is 10.3. The summed E-state index contributed by atoms with van der Waals surface area (Å²) in [6.45, 7) is 0. The van der Waals surface area contributed by atoms with Gasteiger partial charge in [0.1, 0.15) is 11.2 Å². The minimum Gasteiger partial charge on any atom is -0.453 e.